The van der Waals surface area contributed by atoms with Gasteiger partial charge in [-0.1, -0.05) is 0 Å². The second-order valence-corrected chi connectivity index (χ2v) is 24.8. The Kier molecular flexibility index (Phi) is 7.22. The normalized spacial score (nSPS) is 11.1. The molecule has 0 radical (unpaired) electrons. The Morgan fingerprint density at radius 3 is 0.781 bits per heavy atom. The Labute approximate surface area is 207 Å². The van der Waals surface area contributed by atoms with E-state index < -0.39 is 43.5 Å². The van der Waals surface area contributed by atoms with Crippen molar-refractivity contribution in [2.75, 3.05) is 0 Å². The number of rotatable bonds is 6. The Morgan fingerprint density at radius 1 is 0.250 bits per heavy atom. The van der Waals surface area contributed by atoms with Crippen LogP contribution in [-0.2, 0) is 0 Å². The van der Waals surface area contributed by atoms with Gasteiger partial charge in [0.05, 0.1) is 0 Å². The zero-order chi connectivity index (χ0) is 21.6. The van der Waals surface area contributed by atoms with Gasteiger partial charge in [-0.05, 0) is 0 Å². The van der Waals surface area contributed by atoms with Gasteiger partial charge in [-0.2, -0.15) is 0 Å². The van der Waals surface area contributed by atoms with Crippen molar-refractivity contribution in [2.24, 2.45) is 0 Å². The maximum atomic E-state index is 2.58. The van der Waals surface area contributed by atoms with Crippen molar-refractivity contribution in [3.05, 3.63) is 146 Å². The van der Waals surface area contributed by atoms with Gasteiger partial charge < -0.3 is 0 Å². The number of hydrogen-bond acceptors (Lipinski definition) is 0. The van der Waals surface area contributed by atoms with E-state index in [-0.39, 0.29) is 0 Å². The molecule has 0 unspecified atom stereocenters. The summed E-state index contributed by atoms with van der Waals surface area (Å²) in [6.07, 6.45) is 0. The molecular formula is C30H24Bi2. The van der Waals surface area contributed by atoms with Crippen LogP contribution >= 0.6 is 0 Å². The third kappa shape index (κ3) is 4.93. The Hall–Kier alpha value is -2.13. The van der Waals surface area contributed by atoms with E-state index in [1.807, 2.05) is 0 Å². The Morgan fingerprint density at radius 2 is 0.500 bits per heavy atom. The minimum absolute atomic E-state index is 1.54. The zero-order valence-electron chi connectivity index (χ0n) is 17.8. The third-order valence-corrected chi connectivity index (χ3v) is 24.2. The van der Waals surface area contributed by atoms with E-state index in [9.17, 15) is 0 Å². The summed E-state index contributed by atoms with van der Waals surface area (Å²) in [5.74, 6) is 0. The van der Waals surface area contributed by atoms with E-state index in [2.05, 4.69) is 146 Å². The van der Waals surface area contributed by atoms with Crippen LogP contribution in [-0.4, -0.2) is 43.5 Å². The molecule has 0 aliphatic rings. The fourth-order valence-corrected chi connectivity index (χ4v) is 23.8. The van der Waals surface area contributed by atoms with E-state index in [0.717, 1.165) is 0 Å². The van der Waals surface area contributed by atoms with Crippen molar-refractivity contribution >= 4 is 63.1 Å². The van der Waals surface area contributed by atoms with Gasteiger partial charge >= 0.3 is 209 Å². The quantitative estimate of drug-likeness (QED) is 0.232. The summed E-state index contributed by atoms with van der Waals surface area (Å²) < 4.78 is 9.29. The maximum absolute atomic E-state index is 2.58. The molecular weight excluding hydrogens is 778 g/mol. The first-order chi connectivity index (χ1) is 15.9. The standard InChI is InChI=1S/4C6H5.C6H4.2Bi/c5*1-2-4-6-5-3-1;;/h4*1-5H;1-3,6H;;. The molecule has 0 saturated carbocycles. The third-order valence-electron chi connectivity index (χ3n) is 5.40. The predicted octanol–water partition coefficient (Wildman–Crippen LogP) is 2.72. The molecule has 0 saturated heterocycles. The van der Waals surface area contributed by atoms with E-state index in [1.54, 1.807) is 6.54 Å². The van der Waals surface area contributed by atoms with Crippen LogP contribution in [0.25, 0.3) is 0 Å². The van der Waals surface area contributed by atoms with Crippen LogP contribution in [0.4, 0.5) is 0 Å². The first-order valence-electron chi connectivity index (χ1n) is 10.8. The molecule has 154 valence electrons. The van der Waals surface area contributed by atoms with Gasteiger partial charge in [0.2, 0.25) is 0 Å². The van der Waals surface area contributed by atoms with Crippen LogP contribution < -0.4 is 19.6 Å². The van der Waals surface area contributed by atoms with Crippen LogP contribution in [0.15, 0.2) is 146 Å². The second-order valence-electron chi connectivity index (χ2n) is 7.53. The average Bonchev–Trinajstić information content (AvgIpc) is 2.87. The molecule has 2 heteroatoms. The van der Waals surface area contributed by atoms with Crippen LogP contribution in [0, 0.1) is 0 Å². The molecule has 0 aliphatic carbocycles. The fourth-order valence-electron chi connectivity index (χ4n) is 3.97. The summed E-state index contributed by atoms with van der Waals surface area (Å²) in [6, 6.07) is 54.5. The topological polar surface area (TPSA) is 0 Å². The molecule has 0 bridgehead atoms. The van der Waals surface area contributed by atoms with Crippen molar-refractivity contribution in [3.63, 3.8) is 0 Å². The molecule has 0 atom stereocenters. The van der Waals surface area contributed by atoms with E-state index in [4.69, 9.17) is 0 Å². The van der Waals surface area contributed by atoms with E-state index >= 15 is 0 Å². The van der Waals surface area contributed by atoms with Gasteiger partial charge in [0.1, 0.15) is 0 Å². The van der Waals surface area contributed by atoms with Crippen molar-refractivity contribution in [2.45, 2.75) is 0 Å². The summed E-state index contributed by atoms with van der Waals surface area (Å²) >= 11 is -4.71. The van der Waals surface area contributed by atoms with Crippen LogP contribution in [0.3, 0.4) is 0 Å². The molecule has 0 N–H and O–H groups in total. The summed E-state index contributed by atoms with van der Waals surface area (Å²) in [4.78, 5) is 0. The number of hydrogen-bond donors (Lipinski definition) is 0. The van der Waals surface area contributed by atoms with Gasteiger partial charge in [0, 0.05) is 0 Å². The molecule has 5 aromatic rings. The van der Waals surface area contributed by atoms with Gasteiger partial charge in [0.25, 0.3) is 0 Å². The van der Waals surface area contributed by atoms with Gasteiger partial charge in [0.15, 0.2) is 0 Å². The van der Waals surface area contributed by atoms with Crippen molar-refractivity contribution in [3.8, 4) is 0 Å². The minimum atomic E-state index is -2.36. The van der Waals surface area contributed by atoms with Gasteiger partial charge in [-0.25, -0.2) is 0 Å². The van der Waals surface area contributed by atoms with Crippen LogP contribution in [0.1, 0.15) is 0 Å². The summed E-state index contributed by atoms with van der Waals surface area (Å²) in [5.41, 5.74) is 0. The molecule has 5 aromatic carbocycles. The molecule has 0 aliphatic heterocycles. The van der Waals surface area contributed by atoms with Crippen LogP contribution in [0.2, 0.25) is 0 Å². The molecule has 0 aromatic heterocycles. The average molecular weight is 802 g/mol. The predicted molar refractivity (Wildman–Crippen MR) is 142 cm³/mol. The van der Waals surface area contributed by atoms with E-state index in [0.29, 0.717) is 0 Å². The molecule has 0 amide bonds. The molecule has 0 fully saturated rings. The molecule has 5 rings (SSSR count). The van der Waals surface area contributed by atoms with Gasteiger partial charge in [-0.3, -0.25) is 0 Å². The van der Waals surface area contributed by atoms with E-state index in [1.165, 1.54) is 13.1 Å². The summed E-state index contributed by atoms with van der Waals surface area (Å²) in [7, 11) is 0. The molecule has 0 heterocycles. The first kappa shape index (κ1) is 21.7. The first-order valence-corrected chi connectivity index (χ1v) is 21.2. The fraction of sp³-hybridized carbons (Fsp3) is 0. The molecule has 32 heavy (non-hydrogen) atoms. The van der Waals surface area contributed by atoms with Gasteiger partial charge in [-0.15, -0.1) is 0 Å². The monoisotopic (exact) mass is 802 g/mol. The second kappa shape index (κ2) is 10.7. The van der Waals surface area contributed by atoms with Crippen molar-refractivity contribution in [1.82, 2.24) is 0 Å². The molecule has 0 nitrogen and oxygen atoms in total. The van der Waals surface area contributed by atoms with Crippen molar-refractivity contribution < 1.29 is 0 Å². The number of benzene rings is 5. The summed E-state index contributed by atoms with van der Waals surface area (Å²) in [5, 5.41) is 0. The zero-order valence-corrected chi connectivity index (χ0v) is 24.7. The Balaban J connectivity index is 1.65. The SMILES string of the molecule is c1cc[c]([Bi]([c]2ccccc2)[c]2ccc[c]([Bi]([c]3ccccc3)[c]3ccccc3)c2)cc1. The molecule has 0 spiro atoms. The van der Waals surface area contributed by atoms with Crippen LogP contribution in [0.5, 0.6) is 0 Å². The summed E-state index contributed by atoms with van der Waals surface area (Å²) in [6.45, 7) is 0. The van der Waals surface area contributed by atoms with Crippen molar-refractivity contribution in [1.29, 1.82) is 0 Å². The Bertz CT molecular complexity index is 1080.